The van der Waals surface area contributed by atoms with Gasteiger partial charge in [0.05, 0.1) is 11.4 Å². The highest BCUT2D eigenvalue weighted by Crippen LogP contribution is 2.51. The van der Waals surface area contributed by atoms with E-state index in [4.69, 9.17) is 4.74 Å². The summed E-state index contributed by atoms with van der Waals surface area (Å²) in [6, 6.07) is 9.90. The molecule has 2 rings (SSSR count). The molecule has 1 aliphatic rings. The molecule has 1 aromatic carbocycles. The summed E-state index contributed by atoms with van der Waals surface area (Å²) >= 11 is 1.50. The van der Waals surface area contributed by atoms with Crippen LogP contribution in [0.1, 0.15) is 39.7 Å². The van der Waals surface area contributed by atoms with E-state index >= 15 is 0 Å². The molecule has 0 aliphatic heterocycles. The first kappa shape index (κ1) is 19.8. The molecule has 6 heteroatoms. The Hall–Kier alpha value is -1.53. The number of carboxylic acid groups (broad SMARTS) is 1. The first-order chi connectivity index (χ1) is 11.7. The summed E-state index contributed by atoms with van der Waals surface area (Å²) in [5.74, 6) is -0.533. The summed E-state index contributed by atoms with van der Waals surface area (Å²) in [5.41, 5.74) is -0.791. The monoisotopic (exact) mass is 365 g/mol. The third-order valence-corrected chi connectivity index (χ3v) is 6.39. The van der Waals surface area contributed by atoms with E-state index in [1.807, 2.05) is 58.0 Å². The van der Waals surface area contributed by atoms with Crippen LogP contribution in [0, 0.1) is 5.41 Å². The highest BCUT2D eigenvalue weighted by molar-refractivity contribution is 7.99. The summed E-state index contributed by atoms with van der Waals surface area (Å²) in [4.78, 5) is 24.5. The molecule has 2 N–H and O–H groups in total. The van der Waals surface area contributed by atoms with Crippen molar-refractivity contribution in [3.63, 3.8) is 0 Å². The van der Waals surface area contributed by atoms with Gasteiger partial charge in [0.1, 0.15) is 5.54 Å². The van der Waals surface area contributed by atoms with Crippen LogP contribution in [0.4, 0.5) is 0 Å². The quantitative estimate of drug-likeness (QED) is 0.740. The average Bonchev–Trinajstić information content (AvgIpc) is 2.58. The topological polar surface area (TPSA) is 75.6 Å². The van der Waals surface area contributed by atoms with Crippen molar-refractivity contribution in [3.05, 3.63) is 35.9 Å². The second-order valence-electron chi connectivity index (χ2n) is 7.01. The predicted molar refractivity (Wildman–Crippen MR) is 99.5 cm³/mol. The maximum Gasteiger partial charge on any atom is 0.330 e. The molecule has 0 aromatic heterocycles. The first-order valence-corrected chi connectivity index (χ1v) is 9.62. The van der Waals surface area contributed by atoms with Crippen molar-refractivity contribution in [2.45, 2.75) is 56.8 Å². The molecule has 1 saturated carbocycles. The summed E-state index contributed by atoms with van der Waals surface area (Å²) in [6.07, 6.45) is 0.131. The first-order valence-electron chi connectivity index (χ1n) is 8.57. The van der Waals surface area contributed by atoms with Crippen molar-refractivity contribution < 1.29 is 19.4 Å². The number of ether oxygens (including phenoxy) is 1. The van der Waals surface area contributed by atoms with Crippen LogP contribution in [0.25, 0.3) is 0 Å². The third-order valence-electron chi connectivity index (χ3n) is 5.18. The van der Waals surface area contributed by atoms with Crippen LogP contribution >= 0.6 is 11.8 Å². The molecule has 0 radical (unpaired) electrons. The highest BCUT2D eigenvalue weighted by atomic mass is 32.2. The number of carbonyl (C=O) groups excluding carboxylic acids is 1. The van der Waals surface area contributed by atoms with Gasteiger partial charge in [0.15, 0.2) is 0 Å². The fraction of sp³-hybridized carbons (Fsp3) is 0.579. The molecule has 1 fully saturated rings. The van der Waals surface area contributed by atoms with E-state index < -0.39 is 16.9 Å². The van der Waals surface area contributed by atoms with Gasteiger partial charge in [0.25, 0.3) is 0 Å². The van der Waals surface area contributed by atoms with E-state index in [0.29, 0.717) is 18.8 Å². The van der Waals surface area contributed by atoms with Crippen LogP contribution in [-0.4, -0.2) is 40.5 Å². The Morgan fingerprint density at radius 2 is 2.00 bits per heavy atom. The average molecular weight is 365 g/mol. The smallest absolute Gasteiger partial charge is 0.330 e. The van der Waals surface area contributed by atoms with Gasteiger partial charge in [-0.1, -0.05) is 44.2 Å². The van der Waals surface area contributed by atoms with Crippen molar-refractivity contribution >= 4 is 23.6 Å². The maximum atomic E-state index is 12.6. The lowest BCUT2D eigenvalue weighted by Gasteiger charge is -2.58. The minimum absolute atomic E-state index is 0.166. The second-order valence-corrected chi connectivity index (χ2v) is 8.34. The largest absolute Gasteiger partial charge is 0.479 e. The van der Waals surface area contributed by atoms with Gasteiger partial charge in [-0.2, -0.15) is 0 Å². The zero-order chi connectivity index (χ0) is 18.7. The fourth-order valence-corrected chi connectivity index (χ4v) is 4.07. The van der Waals surface area contributed by atoms with Crippen LogP contribution in [0.3, 0.4) is 0 Å². The number of amides is 1. The molecule has 0 heterocycles. The molecule has 3 atom stereocenters. The molecule has 3 unspecified atom stereocenters. The Morgan fingerprint density at radius 3 is 2.52 bits per heavy atom. The van der Waals surface area contributed by atoms with E-state index in [-0.39, 0.29) is 17.3 Å². The summed E-state index contributed by atoms with van der Waals surface area (Å²) in [7, 11) is 0. The highest BCUT2D eigenvalue weighted by Gasteiger charge is 2.66. The lowest BCUT2D eigenvalue weighted by atomic mass is 9.54. The Kier molecular flexibility index (Phi) is 6.16. The summed E-state index contributed by atoms with van der Waals surface area (Å²) < 4.78 is 5.63. The molecule has 1 amide bonds. The van der Waals surface area contributed by atoms with Crippen molar-refractivity contribution in [2.24, 2.45) is 5.41 Å². The number of aliphatic carboxylic acids is 1. The van der Waals surface area contributed by atoms with Crippen LogP contribution in [0.15, 0.2) is 30.3 Å². The fourth-order valence-electron chi connectivity index (χ4n) is 3.22. The van der Waals surface area contributed by atoms with E-state index in [1.54, 1.807) is 0 Å². The lowest BCUT2D eigenvalue weighted by molar-refractivity contribution is -0.194. The van der Waals surface area contributed by atoms with E-state index in [1.165, 1.54) is 11.8 Å². The van der Waals surface area contributed by atoms with Gasteiger partial charge in [-0.15, -0.1) is 11.8 Å². The van der Waals surface area contributed by atoms with Crippen LogP contribution in [0.2, 0.25) is 0 Å². The molecular weight excluding hydrogens is 338 g/mol. The Morgan fingerprint density at radius 1 is 1.36 bits per heavy atom. The standard InChI is InChI=1S/C19H27NO4S/c1-5-24-15-11-19(17(22)23,18(15,3)4)20-16(21)13(2)25-12-14-9-7-6-8-10-14/h6-10,13,15H,5,11-12H2,1-4H3,(H,20,21)(H,22,23). The van der Waals surface area contributed by atoms with E-state index in [9.17, 15) is 14.7 Å². The van der Waals surface area contributed by atoms with Crippen molar-refractivity contribution in [2.75, 3.05) is 6.61 Å². The number of benzene rings is 1. The molecule has 138 valence electrons. The Labute approximate surface area is 153 Å². The molecule has 0 saturated heterocycles. The zero-order valence-corrected chi connectivity index (χ0v) is 16.1. The third kappa shape index (κ3) is 3.85. The SMILES string of the molecule is CCOC1CC(NC(=O)C(C)SCc2ccccc2)(C(=O)O)C1(C)C. The second kappa shape index (κ2) is 7.79. The number of carbonyl (C=O) groups is 2. The Bertz CT molecular complexity index is 619. The number of nitrogens with one attached hydrogen (secondary N) is 1. The maximum absolute atomic E-state index is 12.6. The van der Waals surface area contributed by atoms with Gasteiger partial charge in [-0.3, -0.25) is 4.79 Å². The zero-order valence-electron chi connectivity index (χ0n) is 15.2. The lowest BCUT2D eigenvalue weighted by Crippen LogP contribution is -2.76. The molecule has 0 bridgehead atoms. The van der Waals surface area contributed by atoms with Crippen molar-refractivity contribution in [1.82, 2.24) is 5.32 Å². The van der Waals surface area contributed by atoms with Gasteiger partial charge in [-0.25, -0.2) is 4.79 Å². The van der Waals surface area contributed by atoms with E-state index in [2.05, 4.69) is 5.32 Å². The molecular formula is C19H27NO4S. The number of hydrogen-bond donors (Lipinski definition) is 2. The number of carboxylic acids is 1. The van der Waals surface area contributed by atoms with E-state index in [0.717, 1.165) is 5.56 Å². The van der Waals surface area contributed by atoms with Crippen LogP contribution in [-0.2, 0) is 20.1 Å². The van der Waals surface area contributed by atoms with Crippen LogP contribution in [0.5, 0.6) is 0 Å². The van der Waals surface area contributed by atoms with Gasteiger partial charge in [-0.05, 0) is 19.4 Å². The minimum Gasteiger partial charge on any atom is -0.479 e. The van der Waals surface area contributed by atoms with Gasteiger partial charge in [0, 0.05) is 24.2 Å². The molecule has 5 nitrogen and oxygen atoms in total. The number of thioether (sulfide) groups is 1. The van der Waals surface area contributed by atoms with Crippen molar-refractivity contribution in [3.8, 4) is 0 Å². The van der Waals surface area contributed by atoms with Gasteiger partial charge < -0.3 is 15.2 Å². The van der Waals surface area contributed by atoms with Crippen LogP contribution < -0.4 is 5.32 Å². The number of rotatable bonds is 8. The molecule has 1 aromatic rings. The molecule has 25 heavy (non-hydrogen) atoms. The predicted octanol–water partition coefficient (Wildman–Crippen LogP) is 3.08. The normalized spacial score (nSPS) is 25.7. The van der Waals surface area contributed by atoms with Crippen molar-refractivity contribution in [1.29, 1.82) is 0 Å². The summed E-state index contributed by atoms with van der Waals surface area (Å²) in [5, 5.41) is 12.2. The molecule has 1 aliphatic carbocycles. The number of hydrogen-bond acceptors (Lipinski definition) is 4. The Balaban J connectivity index is 2.00. The van der Waals surface area contributed by atoms with Gasteiger partial charge >= 0.3 is 5.97 Å². The van der Waals surface area contributed by atoms with Gasteiger partial charge in [0.2, 0.25) is 5.91 Å². The molecule has 0 spiro atoms. The summed E-state index contributed by atoms with van der Waals surface area (Å²) in [6.45, 7) is 7.91. The minimum atomic E-state index is -1.27.